The molecule has 0 radical (unpaired) electrons. The molecule has 0 unspecified atom stereocenters. The van der Waals surface area contributed by atoms with E-state index in [4.69, 9.17) is 14.2 Å². The summed E-state index contributed by atoms with van der Waals surface area (Å²) in [5, 5.41) is 0. The number of rotatable bonds is 8. The van der Waals surface area contributed by atoms with Crippen LogP contribution in [-0.2, 0) is 9.47 Å². The molecule has 1 heterocycles. The molecule has 1 aromatic rings. The van der Waals surface area contributed by atoms with Gasteiger partial charge in [0.15, 0.2) is 0 Å². The third-order valence-electron chi connectivity index (χ3n) is 3.43. The van der Waals surface area contributed by atoms with Gasteiger partial charge < -0.3 is 14.2 Å². The van der Waals surface area contributed by atoms with Gasteiger partial charge >= 0.3 is 5.97 Å². The summed E-state index contributed by atoms with van der Waals surface area (Å²) in [6.07, 6.45) is 5.54. The summed E-state index contributed by atoms with van der Waals surface area (Å²) in [5.41, 5.74) is 0.519. The summed E-state index contributed by atoms with van der Waals surface area (Å²) in [7, 11) is 1.59. The molecular weight excluding hydrogens is 256 g/mol. The molecule has 20 heavy (non-hydrogen) atoms. The number of carbonyl (C=O) groups excluding carboxylic acids is 1. The first-order valence-electron chi connectivity index (χ1n) is 7.25. The van der Waals surface area contributed by atoms with E-state index in [9.17, 15) is 4.79 Å². The molecule has 2 rings (SSSR count). The minimum absolute atomic E-state index is 0.0917. The number of esters is 1. The zero-order valence-corrected chi connectivity index (χ0v) is 12.1. The molecule has 0 saturated carbocycles. The van der Waals surface area contributed by atoms with Crippen LogP contribution in [0.25, 0.3) is 0 Å². The minimum Gasteiger partial charge on any atom is -0.497 e. The van der Waals surface area contributed by atoms with Gasteiger partial charge in [0.25, 0.3) is 0 Å². The summed E-state index contributed by atoms with van der Waals surface area (Å²) in [6, 6.07) is 6.87. The lowest BCUT2D eigenvalue weighted by molar-refractivity contribution is 0.0297. The highest BCUT2D eigenvalue weighted by Gasteiger charge is 2.41. The Morgan fingerprint density at radius 3 is 2.60 bits per heavy atom. The lowest BCUT2D eigenvalue weighted by Crippen LogP contribution is -2.09. The van der Waals surface area contributed by atoms with E-state index in [1.54, 1.807) is 31.4 Å². The zero-order valence-electron chi connectivity index (χ0n) is 12.1. The van der Waals surface area contributed by atoms with Crippen LogP contribution < -0.4 is 4.74 Å². The van der Waals surface area contributed by atoms with Gasteiger partial charge in [-0.1, -0.05) is 32.6 Å². The largest absolute Gasteiger partial charge is 0.497 e. The maximum absolute atomic E-state index is 11.9. The average Bonchev–Trinajstić information content (AvgIpc) is 3.21. The van der Waals surface area contributed by atoms with Gasteiger partial charge in [0.1, 0.15) is 11.9 Å². The van der Waals surface area contributed by atoms with Crippen LogP contribution in [0.2, 0.25) is 0 Å². The third-order valence-corrected chi connectivity index (χ3v) is 3.43. The van der Waals surface area contributed by atoms with Crippen LogP contribution in [0.3, 0.4) is 0 Å². The Hall–Kier alpha value is -1.55. The monoisotopic (exact) mass is 278 g/mol. The summed E-state index contributed by atoms with van der Waals surface area (Å²) in [5.74, 6) is 0.381. The van der Waals surface area contributed by atoms with Crippen LogP contribution in [0.15, 0.2) is 24.3 Å². The fourth-order valence-electron chi connectivity index (χ4n) is 2.11. The van der Waals surface area contributed by atoms with Crippen molar-refractivity contribution in [1.82, 2.24) is 0 Å². The molecule has 1 saturated heterocycles. The van der Waals surface area contributed by atoms with Gasteiger partial charge in [0, 0.05) is 0 Å². The van der Waals surface area contributed by atoms with Crippen molar-refractivity contribution in [1.29, 1.82) is 0 Å². The minimum atomic E-state index is -0.355. The first-order valence-corrected chi connectivity index (χ1v) is 7.25. The van der Waals surface area contributed by atoms with Crippen molar-refractivity contribution in [3.05, 3.63) is 29.8 Å². The van der Waals surface area contributed by atoms with Gasteiger partial charge in [-0.15, -0.1) is 0 Å². The molecule has 110 valence electrons. The first-order chi connectivity index (χ1) is 9.74. The maximum Gasteiger partial charge on any atom is 0.340 e. The number of hydrogen-bond acceptors (Lipinski definition) is 4. The Balaban J connectivity index is 1.70. The topological polar surface area (TPSA) is 48.1 Å². The molecule has 0 spiro atoms. The van der Waals surface area contributed by atoms with E-state index in [1.807, 2.05) is 0 Å². The van der Waals surface area contributed by atoms with Crippen LogP contribution in [0.1, 0.15) is 49.4 Å². The highest BCUT2D eigenvalue weighted by Crippen LogP contribution is 2.29. The van der Waals surface area contributed by atoms with Gasteiger partial charge in [-0.05, 0) is 30.7 Å². The molecule has 1 fully saturated rings. The van der Waals surface area contributed by atoms with Gasteiger partial charge in [-0.2, -0.15) is 0 Å². The summed E-state index contributed by atoms with van der Waals surface area (Å²) < 4.78 is 15.7. The van der Waals surface area contributed by atoms with Crippen LogP contribution in [0.4, 0.5) is 0 Å². The Bertz CT molecular complexity index is 427. The second kappa shape index (κ2) is 7.29. The predicted octanol–water partition coefficient (Wildman–Crippen LogP) is 3.55. The lowest BCUT2D eigenvalue weighted by Gasteiger charge is -2.03. The normalized spacial score (nSPS) is 20.5. The van der Waals surface area contributed by atoms with E-state index in [0.717, 1.165) is 18.6 Å². The summed E-state index contributed by atoms with van der Waals surface area (Å²) in [4.78, 5) is 11.9. The molecule has 1 aliphatic heterocycles. The molecule has 4 heteroatoms. The van der Waals surface area contributed by atoms with Crippen molar-refractivity contribution in [3.8, 4) is 5.75 Å². The van der Waals surface area contributed by atoms with Crippen LogP contribution in [-0.4, -0.2) is 25.5 Å². The van der Waals surface area contributed by atoms with Crippen LogP contribution >= 0.6 is 0 Å². The number of unbranched alkanes of at least 4 members (excludes halogenated alkanes) is 3. The number of hydrogen-bond donors (Lipinski definition) is 0. The molecule has 0 aliphatic carbocycles. The van der Waals surface area contributed by atoms with E-state index >= 15 is 0 Å². The average molecular weight is 278 g/mol. The molecule has 1 aliphatic rings. The molecule has 0 N–H and O–H groups in total. The lowest BCUT2D eigenvalue weighted by atomic mass is 10.1. The molecule has 0 amide bonds. The molecular formula is C16H22O4. The van der Waals surface area contributed by atoms with Crippen molar-refractivity contribution in [2.45, 2.75) is 51.4 Å². The Morgan fingerprint density at radius 2 is 1.95 bits per heavy atom. The fourth-order valence-corrected chi connectivity index (χ4v) is 2.11. The highest BCUT2D eigenvalue weighted by molar-refractivity contribution is 5.89. The van der Waals surface area contributed by atoms with E-state index in [1.165, 1.54) is 19.3 Å². The third kappa shape index (κ3) is 4.23. The predicted molar refractivity (Wildman–Crippen MR) is 75.8 cm³/mol. The molecule has 2 atom stereocenters. The van der Waals surface area contributed by atoms with E-state index in [-0.39, 0.29) is 18.4 Å². The van der Waals surface area contributed by atoms with Crippen molar-refractivity contribution < 1.29 is 19.0 Å². The van der Waals surface area contributed by atoms with E-state index in [2.05, 4.69) is 6.92 Å². The van der Waals surface area contributed by atoms with E-state index < -0.39 is 0 Å². The molecule has 0 bridgehead atoms. The number of carbonyl (C=O) groups is 1. The smallest absolute Gasteiger partial charge is 0.340 e. The first kappa shape index (κ1) is 14.9. The number of methoxy groups -OCH3 is 1. The molecule has 0 aromatic heterocycles. The second-order valence-corrected chi connectivity index (χ2v) is 5.03. The number of ether oxygens (including phenoxy) is 3. The highest BCUT2D eigenvalue weighted by atomic mass is 16.8. The second-order valence-electron chi connectivity index (χ2n) is 5.03. The van der Waals surface area contributed by atoms with Crippen molar-refractivity contribution >= 4 is 5.97 Å². The Labute approximate surface area is 120 Å². The van der Waals surface area contributed by atoms with Crippen molar-refractivity contribution in [2.24, 2.45) is 0 Å². The van der Waals surface area contributed by atoms with Gasteiger partial charge in [0.2, 0.25) is 6.29 Å². The summed E-state index contributed by atoms with van der Waals surface area (Å²) in [6.45, 7) is 2.19. The quantitative estimate of drug-likeness (QED) is 0.414. The standard InChI is InChI=1S/C16H22O4/c1-3-4-5-6-7-14-16(19-14)20-15(17)12-8-10-13(18-2)11-9-12/h8-11,14,16H,3-7H2,1-2H3/t14-,16+/m1/s1. The fraction of sp³-hybridized carbons (Fsp3) is 0.562. The van der Waals surface area contributed by atoms with Crippen molar-refractivity contribution in [2.75, 3.05) is 7.11 Å². The Kier molecular flexibility index (Phi) is 5.41. The van der Waals surface area contributed by atoms with Crippen LogP contribution in [0, 0.1) is 0 Å². The van der Waals surface area contributed by atoms with Gasteiger partial charge in [-0.25, -0.2) is 4.79 Å². The van der Waals surface area contributed by atoms with Gasteiger partial charge in [-0.3, -0.25) is 0 Å². The van der Waals surface area contributed by atoms with E-state index in [0.29, 0.717) is 5.56 Å². The van der Waals surface area contributed by atoms with Crippen molar-refractivity contribution in [3.63, 3.8) is 0 Å². The SMILES string of the molecule is CCCCCC[C@H]1O[C@H]1OC(=O)c1ccc(OC)cc1. The Morgan fingerprint density at radius 1 is 1.20 bits per heavy atom. The number of epoxide rings is 1. The number of benzene rings is 1. The molecule has 1 aromatic carbocycles. The maximum atomic E-state index is 11.9. The van der Waals surface area contributed by atoms with Crippen LogP contribution in [0.5, 0.6) is 5.75 Å². The zero-order chi connectivity index (χ0) is 14.4. The molecule has 4 nitrogen and oxygen atoms in total. The van der Waals surface area contributed by atoms with Gasteiger partial charge in [0.05, 0.1) is 12.7 Å². The summed E-state index contributed by atoms with van der Waals surface area (Å²) >= 11 is 0.